The molecule has 0 aliphatic heterocycles. The molecule has 1 aromatic carbocycles. The van der Waals surface area contributed by atoms with Gasteiger partial charge in [-0.2, -0.15) is 0 Å². The minimum atomic E-state index is -8.38. The monoisotopic (exact) mass is 747 g/mol. The maximum absolute atomic E-state index is 12.6. The van der Waals surface area contributed by atoms with Crippen molar-refractivity contribution in [2.45, 2.75) is 56.6 Å². The fraction of sp³-hybridized carbons (Fsp3) is 0.750. The third-order valence-corrected chi connectivity index (χ3v) is 11.3. The Hall–Kier alpha value is 0.0130. The Morgan fingerprint density at radius 3 is 0.882 bits per heavy atom. The topological polar surface area (TPSA) is 60.7 Å². The summed E-state index contributed by atoms with van der Waals surface area (Å²) in [6, 6.07) is 1.90. The number of aliphatic hydroxyl groups is 3. The van der Waals surface area contributed by atoms with E-state index in [1.165, 1.54) is 0 Å². The van der Waals surface area contributed by atoms with Gasteiger partial charge in [0.25, 0.3) is 0 Å². The van der Waals surface area contributed by atoms with Crippen LogP contribution in [0, 0.1) is 17.8 Å². The van der Waals surface area contributed by atoms with Crippen LogP contribution in [-0.2, 0) is 25.8 Å². The third-order valence-electron chi connectivity index (χ3n) is 3.47. The number of alkyl halides is 9. The van der Waals surface area contributed by atoms with E-state index in [4.69, 9.17) is 15.3 Å². The first kappa shape index (κ1) is 41.2. The van der Waals surface area contributed by atoms with Crippen LogP contribution in [0.15, 0.2) is 24.3 Å². The van der Waals surface area contributed by atoms with Gasteiger partial charge >= 0.3 is 96.5 Å². The van der Waals surface area contributed by atoms with E-state index in [9.17, 15) is 39.5 Å². The molecular weight excluding hydrogens is 710 g/mol. The van der Waals surface area contributed by atoms with Crippen molar-refractivity contribution in [2.75, 3.05) is 19.8 Å². The first-order valence-electron chi connectivity index (χ1n) is 9.92. The molecule has 0 atom stereocenters. The van der Waals surface area contributed by atoms with Crippen molar-refractivity contribution in [1.29, 1.82) is 0 Å². The zero-order chi connectivity index (χ0) is 27.3. The van der Waals surface area contributed by atoms with Gasteiger partial charge in [-0.1, -0.05) is 41.5 Å². The summed E-state index contributed by atoms with van der Waals surface area (Å²) in [5, 5.41) is 5.36. The summed E-state index contributed by atoms with van der Waals surface area (Å²) in [7, 11) is 0. The second-order valence-corrected chi connectivity index (χ2v) is 16.1. The number of rotatable bonds is 4. The Morgan fingerprint density at radius 2 is 0.765 bits per heavy atom. The van der Waals surface area contributed by atoms with Crippen molar-refractivity contribution in [1.82, 2.24) is 0 Å². The Balaban J connectivity index is -0.000000231. The Morgan fingerprint density at radius 1 is 0.588 bits per heavy atom. The molecule has 0 aliphatic carbocycles. The Bertz CT molecular complexity index is 531. The zero-order valence-corrected chi connectivity index (χ0v) is 25.6. The first-order chi connectivity index (χ1) is 14.7. The molecule has 0 unspecified atom stereocenters. The molecule has 0 heterocycles. The van der Waals surface area contributed by atoms with E-state index >= 15 is 0 Å². The summed E-state index contributed by atoms with van der Waals surface area (Å²) in [5.41, 5.74) is 0. The number of halogens is 9. The van der Waals surface area contributed by atoms with Crippen molar-refractivity contribution < 1.29 is 80.7 Å². The first-order valence-corrected chi connectivity index (χ1v) is 14.1. The number of aliphatic hydroxyl groups excluding tert-OH is 3. The molecule has 34 heavy (non-hydrogen) atoms. The van der Waals surface area contributed by atoms with E-state index in [1.54, 1.807) is 0 Å². The maximum Gasteiger partial charge on any atom is 0 e. The predicted molar refractivity (Wildman–Crippen MR) is 111 cm³/mol. The van der Waals surface area contributed by atoms with Crippen LogP contribution in [0.2, 0.25) is 0 Å². The molecule has 0 aliphatic rings. The van der Waals surface area contributed by atoms with E-state index in [-0.39, 0.29) is 38.0 Å². The van der Waals surface area contributed by atoms with E-state index in [0.29, 0.717) is 37.6 Å². The molecule has 0 saturated carbocycles. The second kappa shape index (κ2) is 18.3. The van der Waals surface area contributed by atoms with Crippen molar-refractivity contribution in [3.8, 4) is 0 Å². The molecular formula is C20H34F9GeHfO3-. The number of hydrogen-bond donors (Lipinski definition) is 3. The molecule has 0 bridgehead atoms. The van der Waals surface area contributed by atoms with Crippen molar-refractivity contribution in [2.24, 2.45) is 17.8 Å². The zero-order valence-electron chi connectivity index (χ0n) is 19.9. The normalized spacial score (nSPS) is 12.1. The smallest absolute Gasteiger partial charge is 0 e. The summed E-state index contributed by atoms with van der Waals surface area (Å²) >= 11 is -8.38. The molecule has 14 heteroatoms. The van der Waals surface area contributed by atoms with Gasteiger partial charge in [-0.15, -0.1) is 0 Å². The average molecular weight is 745 g/mol. The van der Waals surface area contributed by atoms with Crippen LogP contribution in [0.1, 0.15) is 41.5 Å². The van der Waals surface area contributed by atoms with Crippen LogP contribution in [0.5, 0.6) is 0 Å². The Labute approximate surface area is 216 Å². The van der Waals surface area contributed by atoms with Gasteiger partial charge in [-0.25, -0.2) is 0 Å². The van der Waals surface area contributed by atoms with Gasteiger partial charge in [-0.3, -0.25) is 0 Å². The van der Waals surface area contributed by atoms with Crippen molar-refractivity contribution in [3.05, 3.63) is 24.3 Å². The summed E-state index contributed by atoms with van der Waals surface area (Å²) in [6.07, 6.45) is 0. The van der Waals surface area contributed by atoms with E-state index in [1.807, 2.05) is 41.5 Å². The summed E-state index contributed by atoms with van der Waals surface area (Å²) < 4.78 is 111. The molecule has 204 valence electrons. The molecule has 0 saturated heterocycles. The minimum Gasteiger partial charge on any atom is 0 e. The SMILES string of the molecule is CC(C)CO.CC(C)CO.CC(C)CO.F[C](F)(F)[Ge]([c-]1cccc1)([C](F)(F)F)[C](F)(F)F.[Hf]. The molecule has 0 spiro atoms. The van der Waals surface area contributed by atoms with Crippen LogP contribution >= 0.6 is 0 Å². The van der Waals surface area contributed by atoms with E-state index in [0.717, 1.165) is 12.1 Å². The van der Waals surface area contributed by atoms with Gasteiger partial charge in [0, 0.05) is 45.7 Å². The van der Waals surface area contributed by atoms with Crippen LogP contribution in [0.25, 0.3) is 0 Å². The van der Waals surface area contributed by atoms with E-state index in [2.05, 4.69) is 0 Å². The fourth-order valence-corrected chi connectivity index (χ4v) is 7.13. The van der Waals surface area contributed by atoms with Crippen LogP contribution < -0.4 is 4.40 Å². The molecule has 0 radical (unpaired) electrons. The molecule has 1 aromatic rings. The Kier molecular flexibility index (Phi) is 22.1. The van der Waals surface area contributed by atoms with Gasteiger partial charge in [0.05, 0.1) is 0 Å². The van der Waals surface area contributed by atoms with E-state index < -0.39 is 32.7 Å². The summed E-state index contributed by atoms with van der Waals surface area (Å²) in [5.74, 6) is 1.32. The van der Waals surface area contributed by atoms with Gasteiger partial charge < -0.3 is 15.3 Å². The largest absolute Gasteiger partial charge is 0 e. The molecule has 3 nitrogen and oxygen atoms in total. The standard InChI is InChI=1S/C8H4F9Ge.3C4H10O.Hf/c9-6(10,11)18(7(12,13)14,8(15,16)17)5-3-1-2-4-5;3*1-4(2)3-5;/h1-4H;3*4-5H,3H2,1-2H3;/q-1;;;;. The fourth-order valence-electron chi connectivity index (χ4n) is 1.60. The minimum absolute atomic E-state index is 0. The summed E-state index contributed by atoms with van der Waals surface area (Å²) in [6.45, 7) is 12.7. The molecule has 0 aromatic heterocycles. The molecule has 0 fully saturated rings. The molecule has 0 amide bonds. The number of hydrogen-bond acceptors (Lipinski definition) is 3. The molecule has 3 N–H and O–H groups in total. The third kappa shape index (κ3) is 14.5. The quantitative estimate of drug-likeness (QED) is 0.224. The van der Waals surface area contributed by atoms with Crippen molar-refractivity contribution in [3.63, 3.8) is 0 Å². The van der Waals surface area contributed by atoms with Crippen LogP contribution in [-0.4, -0.2) is 63.4 Å². The van der Waals surface area contributed by atoms with Crippen LogP contribution in [0.3, 0.4) is 0 Å². The maximum atomic E-state index is 12.6. The van der Waals surface area contributed by atoms with Gasteiger partial charge in [-0.05, 0) is 17.8 Å². The van der Waals surface area contributed by atoms with Gasteiger partial charge in [0.2, 0.25) is 0 Å². The van der Waals surface area contributed by atoms with Crippen molar-refractivity contribution >= 4 is 17.7 Å². The van der Waals surface area contributed by atoms with Crippen LogP contribution in [0.4, 0.5) is 39.5 Å². The van der Waals surface area contributed by atoms with Gasteiger partial charge in [0.1, 0.15) is 0 Å². The summed E-state index contributed by atoms with van der Waals surface area (Å²) in [4.78, 5) is 0. The average Bonchev–Trinajstić information content (AvgIpc) is 3.13. The van der Waals surface area contributed by atoms with Gasteiger partial charge in [0.15, 0.2) is 0 Å². The molecule has 1 rings (SSSR count). The second-order valence-electron chi connectivity index (χ2n) is 8.15. The predicted octanol–water partition coefficient (Wildman–Crippen LogP) is 5.27.